The topological polar surface area (TPSA) is 46.5 Å². The van der Waals surface area contributed by atoms with E-state index in [0.717, 1.165) is 52.4 Å². The lowest BCUT2D eigenvalue weighted by molar-refractivity contribution is 0.415. The average Bonchev–Trinajstić information content (AvgIpc) is 3.17. The molecule has 0 unspecified atom stereocenters. The lowest BCUT2D eigenvalue weighted by atomic mass is 9.89. The van der Waals surface area contributed by atoms with Crippen molar-refractivity contribution in [2.24, 2.45) is 10.9 Å². The predicted molar refractivity (Wildman–Crippen MR) is 181 cm³/mol. The molecule has 4 aromatic rings. The van der Waals surface area contributed by atoms with E-state index in [1.807, 2.05) is 12.1 Å². The molecular weight excluding hydrogens is 514 g/mol. The van der Waals surface area contributed by atoms with Crippen molar-refractivity contribution >= 4 is 46.0 Å². The maximum absolute atomic E-state index is 5.49. The molecule has 0 radical (unpaired) electrons. The molecule has 0 spiro atoms. The Morgan fingerprint density at radius 2 is 1.48 bits per heavy atom. The molecule has 1 aliphatic carbocycles. The minimum absolute atomic E-state index is 0.568. The van der Waals surface area contributed by atoms with Gasteiger partial charge in [-0.25, -0.2) is 4.98 Å². The van der Waals surface area contributed by atoms with Crippen LogP contribution in [0.2, 0.25) is 0 Å². The van der Waals surface area contributed by atoms with Crippen molar-refractivity contribution in [1.82, 2.24) is 4.98 Å². The van der Waals surface area contributed by atoms with Gasteiger partial charge < -0.3 is 10.1 Å². The quantitative estimate of drug-likeness (QED) is 0.164. The maximum Gasteiger partial charge on any atom is 0.157 e. The van der Waals surface area contributed by atoms with E-state index in [1.165, 1.54) is 68.0 Å². The lowest BCUT2D eigenvalue weighted by Gasteiger charge is -2.21. The molecule has 42 heavy (non-hydrogen) atoms. The largest absolute Gasteiger partial charge is 0.497 e. The van der Waals surface area contributed by atoms with Gasteiger partial charge in [-0.15, -0.1) is 0 Å². The van der Waals surface area contributed by atoms with Crippen molar-refractivity contribution in [2.75, 3.05) is 12.4 Å². The summed E-state index contributed by atoms with van der Waals surface area (Å²) < 4.78 is 5.27. The van der Waals surface area contributed by atoms with Crippen LogP contribution < -0.4 is 10.1 Å². The first-order chi connectivity index (χ1) is 20.6. The van der Waals surface area contributed by atoms with E-state index in [9.17, 15) is 0 Å². The van der Waals surface area contributed by atoms with E-state index in [0.29, 0.717) is 5.92 Å². The number of anilines is 2. The van der Waals surface area contributed by atoms with E-state index in [4.69, 9.17) is 14.7 Å². The number of hydrogen-bond acceptors (Lipinski definition) is 4. The van der Waals surface area contributed by atoms with Crippen molar-refractivity contribution in [3.63, 3.8) is 0 Å². The Hall–Kier alpha value is -3.92. The molecule has 0 atom stereocenters. The number of rotatable bonds is 9. The number of aryl methyl sites for hydroxylation is 1. The van der Waals surface area contributed by atoms with Crippen molar-refractivity contribution in [3.8, 4) is 5.75 Å². The number of nitrogens with one attached hydrogen (secondary N) is 1. The number of pyridine rings is 1. The summed E-state index contributed by atoms with van der Waals surface area (Å²) >= 11 is 0. The Balaban J connectivity index is 1.44. The van der Waals surface area contributed by atoms with Crippen LogP contribution in [-0.2, 0) is 0 Å². The monoisotopic (exact) mass is 559 g/mol. The van der Waals surface area contributed by atoms with E-state index < -0.39 is 0 Å². The number of methoxy groups -OCH3 is 1. The van der Waals surface area contributed by atoms with Crippen LogP contribution in [0.25, 0.3) is 23.1 Å². The fourth-order valence-corrected chi connectivity index (χ4v) is 6.03. The number of hydrogen-bond donors (Lipinski definition) is 1. The van der Waals surface area contributed by atoms with Gasteiger partial charge in [0.05, 0.1) is 12.6 Å². The molecule has 0 aliphatic heterocycles. The van der Waals surface area contributed by atoms with E-state index in [1.54, 1.807) is 7.11 Å². The molecule has 0 saturated heterocycles. The smallest absolute Gasteiger partial charge is 0.157 e. The first kappa shape index (κ1) is 29.6. The summed E-state index contributed by atoms with van der Waals surface area (Å²) in [5.41, 5.74) is 7.83. The average molecular weight is 560 g/mol. The molecule has 218 valence electrons. The molecule has 3 aromatic carbocycles. The zero-order valence-corrected chi connectivity index (χ0v) is 25.5. The molecule has 4 nitrogen and oxygen atoms in total. The zero-order chi connectivity index (χ0) is 29.1. The van der Waals surface area contributed by atoms with Crippen molar-refractivity contribution in [2.45, 2.75) is 78.1 Å². The summed E-state index contributed by atoms with van der Waals surface area (Å²) in [6.45, 7) is 4.48. The van der Waals surface area contributed by atoms with Gasteiger partial charge in [-0.2, -0.15) is 0 Å². The Bertz CT molecular complexity index is 1490. The molecule has 1 heterocycles. The van der Waals surface area contributed by atoms with Crippen molar-refractivity contribution in [3.05, 3.63) is 89.5 Å². The van der Waals surface area contributed by atoms with Gasteiger partial charge in [0.15, 0.2) is 5.82 Å². The van der Waals surface area contributed by atoms with Crippen molar-refractivity contribution in [1.29, 1.82) is 0 Å². The Morgan fingerprint density at radius 3 is 2.12 bits per heavy atom. The maximum atomic E-state index is 5.49. The molecule has 1 saturated carbocycles. The summed E-state index contributed by atoms with van der Waals surface area (Å²) in [5, 5.41) is 4.82. The van der Waals surface area contributed by atoms with Gasteiger partial charge in [0.2, 0.25) is 0 Å². The lowest BCUT2D eigenvalue weighted by Crippen LogP contribution is -2.15. The van der Waals surface area contributed by atoms with Crippen LogP contribution in [0.5, 0.6) is 5.75 Å². The standard InChI is InChI=1S/C38H45N3O/c1-4-13-35(31-14-9-7-5-6-8-10-15-31)40-37-28(2)34-16-11-12-17-36(34)41-38(37)39-32-24-20-29(21-25-32)18-19-30-22-26-33(42-3)27-23-30/h11-12,16-27,31H,4-10,13-15H2,1-3H3,(H,39,41)/b19-18+,40-35?. The van der Waals surface area contributed by atoms with Gasteiger partial charge in [0, 0.05) is 16.8 Å². The summed E-state index contributed by atoms with van der Waals surface area (Å²) in [4.78, 5) is 10.6. The Kier molecular flexibility index (Phi) is 10.4. The number of benzene rings is 3. The molecule has 4 heteroatoms. The number of ether oxygens (including phenoxy) is 1. The van der Waals surface area contributed by atoms with Gasteiger partial charge in [0.25, 0.3) is 0 Å². The number of para-hydroxylation sites is 1. The van der Waals surface area contributed by atoms with Gasteiger partial charge in [-0.05, 0) is 79.1 Å². The van der Waals surface area contributed by atoms with Crippen LogP contribution in [0.3, 0.4) is 0 Å². The van der Waals surface area contributed by atoms with Gasteiger partial charge in [-0.1, -0.05) is 106 Å². The highest BCUT2D eigenvalue weighted by molar-refractivity contribution is 5.96. The number of aliphatic imine (C=N–C) groups is 1. The summed E-state index contributed by atoms with van der Waals surface area (Å²) in [6.07, 6.45) is 17.0. The zero-order valence-electron chi connectivity index (χ0n) is 25.5. The van der Waals surface area contributed by atoms with Crippen LogP contribution in [0.4, 0.5) is 17.2 Å². The third-order valence-corrected chi connectivity index (χ3v) is 8.47. The highest BCUT2D eigenvalue weighted by Crippen LogP contribution is 2.37. The predicted octanol–water partition coefficient (Wildman–Crippen LogP) is 11.1. The first-order valence-electron chi connectivity index (χ1n) is 15.8. The molecule has 5 rings (SSSR count). The van der Waals surface area contributed by atoms with Crippen LogP contribution in [-0.4, -0.2) is 17.8 Å². The normalized spacial score (nSPS) is 15.4. The molecule has 1 fully saturated rings. The van der Waals surface area contributed by atoms with Gasteiger partial charge >= 0.3 is 0 Å². The highest BCUT2D eigenvalue weighted by Gasteiger charge is 2.19. The molecular formula is C38H45N3O. The van der Waals surface area contributed by atoms with Gasteiger partial charge in [-0.3, -0.25) is 4.99 Å². The fourth-order valence-electron chi connectivity index (χ4n) is 6.03. The molecule has 0 bridgehead atoms. The van der Waals surface area contributed by atoms with E-state index >= 15 is 0 Å². The molecule has 0 amide bonds. The molecule has 1 aromatic heterocycles. The summed E-state index contributed by atoms with van der Waals surface area (Å²) in [6, 6.07) is 25.0. The third-order valence-electron chi connectivity index (χ3n) is 8.47. The first-order valence-corrected chi connectivity index (χ1v) is 15.8. The molecule has 1 N–H and O–H groups in total. The second-order valence-electron chi connectivity index (χ2n) is 11.6. The number of nitrogens with zero attached hydrogens (tertiary/aromatic N) is 2. The minimum Gasteiger partial charge on any atom is -0.497 e. The molecule has 1 aliphatic rings. The second-order valence-corrected chi connectivity index (χ2v) is 11.6. The van der Waals surface area contributed by atoms with Crippen LogP contribution >= 0.6 is 0 Å². The number of fused-ring (bicyclic) bond motifs is 1. The SMILES string of the molecule is CCCC(=Nc1c(Nc2ccc(/C=C/c3ccc(OC)cc3)cc2)nc2ccccc2c1C)C1CCCCCCCC1. The summed E-state index contributed by atoms with van der Waals surface area (Å²) in [7, 11) is 1.69. The Morgan fingerprint density at radius 1 is 0.857 bits per heavy atom. The van der Waals surface area contributed by atoms with Gasteiger partial charge in [0.1, 0.15) is 11.4 Å². The number of aromatic nitrogens is 1. The van der Waals surface area contributed by atoms with E-state index in [2.05, 4.69) is 92.0 Å². The highest BCUT2D eigenvalue weighted by atomic mass is 16.5. The van der Waals surface area contributed by atoms with Crippen LogP contribution in [0, 0.1) is 12.8 Å². The minimum atomic E-state index is 0.568. The fraction of sp³-hybridized carbons (Fsp3) is 0.368. The summed E-state index contributed by atoms with van der Waals surface area (Å²) in [5.74, 6) is 2.27. The second kappa shape index (κ2) is 14.8. The van der Waals surface area contributed by atoms with Crippen LogP contribution in [0.15, 0.2) is 77.8 Å². The van der Waals surface area contributed by atoms with Crippen molar-refractivity contribution < 1.29 is 4.74 Å². The van der Waals surface area contributed by atoms with Crippen LogP contribution in [0.1, 0.15) is 87.8 Å². The van der Waals surface area contributed by atoms with E-state index in [-0.39, 0.29) is 0 Å². The third kappa shape index (κ3) is 7.67. The Labute approximate surface area is 252 Å².